The SMILES string of the molecule is C[C@@]12N[C@@](C)(c3ccccc31)[C@@H](O)c1ccccc12. The lowest BCUT2D eigenvalue weighted by Crippen LogP contribution is -2.52. The third-order valence-corrected chi connectivity index (χ3v) is 4.88. The van der Waals surface area contributed by atoms with Crippen LogP contribution in [0.2, 0.25) is 0 Å². The zero-order valence-corrected chi connectivity index (χ0v) is 11.1. The molecule has 2 N–H and O–H groups in total. The van der Waals surface area contributed by atoms with Crippen molar-refractivity contribution in [3.63, 3.8) is 0 Å². The molecule has 0 aromatic heterocycles. The van der Waals surface area contributed by atoms with Gasteiger partial charge in [-0.05, 0) is 36.1 Å². The molecule has 2 heteroatoms. The zero-order chi connectivity index (χ0) is 13.3. The second kappa shape index (κ2) is 3.27. The molecule has 2 heterocycles. The topological polar surface area (TPSA) is 32.3 Å². The molecule has 2 aliphatic rings. The molecule has 0 unspecified atom stereocenters. The summed E-state index contributed by atoms with van der Waals surface area (Å²) in [5.74, 6) is 0. The molecule has 0 saturated heterocycles. The normalized spacial score (nSPS) is 34.8. The van der Waals surface area contributed by atoms with Crippen molar-refractivity contribution in [1.29, 1.82) is 0 Å². The van der Waals surface area contributed by atoms with Crippen LogP contribution in [-0.4, -0.2) is 5.11 Å². The minimum absolute atomic E-state index is 0.207. The highest BCUT2D eigenvalue weighted by molar-refractivity contribution is 5.57. The van der Waals surface area contributed by atoms with Crippen LogP contribution >= 0.6 is 0 Å². The summed E-state index contributed by atoms with van der Waals surface area (Å²) in [6.07, 6.45) is -0.513. The number of hydrogen-bond donors (Lipinski definition) is 2. The number of aliphatic hydroxyl groups is 1. The van der Waals surface area contributed by atoms with Gasteiger partial charge in [0.05, 0.1) is 11.1 Å². The summed E-state index contributed by atoms with van der Waals surface area (Å²) >= 11 is 0. The fourth-order valence-electron chi connectivity index (χ4n) is 3.96. The van der Waals surface area contributed by atoms with Crippen molar-refractivity contribution in [3.05, 3.63) is 70.8 Å². The van der Waals surface area contributed by atoms with Crippen molar-refractivity contribution in [3.8, 4) is 0 Å². The van der Waals surface area contributed by atoms with Crippen LogP contribution in [0, 0.1) is 0 Å². The van der Waals surface area contributed by atoms with Gasteiger partial charge in [0.15, 0.2) is 0 Å². The standard InChI is InChI=1S/C17H17NO/c1-16-12-8-4-3-7-11(12)15(19)17(2,18-16)14-10-6-5-9-13(14)16/h3-10,15,18-19H,1-2H3/t15-,16-,17-/m0/s1. The van der Waals surface area contributed by atoms with Crippen molar-refractivity contribution >= 4 is 0 Å². The van der Waals surface area contributed by atoms with E-state index >= 15 is 0 Å². The van der Waals surface area contributed by atoms with E-state index in [1.807, 2.05) is 24.3 Å². The van der Waals surface area contributed by atoms with Gasteiger partial charge >= 0.3 is 0 Å². The summed E-state index contributed by atoms with van der Waals surface area (Å²) in [6.45, 7) is 4.31. The van der Waals surface area contributed by atoms with Crippen LogP contribution in [-0.2, 0) is 11.1 Å². The van der Waals surface area contributed by atoms with Gasteiger partial charge in [-0.15, -0.1) is 0 Å². The predicted octanol–water partition coefficient (Wildman–Crippen LogP) is 2.82. The Morgan fingerprint density at radius 1 is 0.895 bits per heavy atom. The van der Waals surface area contributed by atoms with Crippen LogP contribution < -0.4 is 5.32 Å². The van der Waals surface area contributed by atoms with Crippen LogP contribution in [0.3, 0.4) is 0 Å². The second-order valence-electron chi connectivity index (χ2n) is 5.99. The number of nitrogens with one attached hydrogen (secondary N) is 1. The van der Waals surface area contributed by atoms with E-state index in [4.69, 9.17) is 0 Å². The van der Waals surface area contributed by atoms with Gasteiger partial charge < -0.3 is 5.11 Å². The number of fused-ring (bicyclic) bond motifs is 7. The molecule has 0 radical (unpaired) electrons. The van der Waals surface area contributed by atoms with E-state index in [0.717, 1.165) is 5.56 Å². The number of benzene rings is 2. The summed E-state index contributed by atoms with van der Waals surface area (Å²) in [6, 6.07) is 16.6. The Morgan fingerprint density at radius 2 is 1.47 bits per heavy atom. The third kappa shape index (κ3) is 1.14. The highest BCUT2D eigenvalue weighted by Crippen LogP contribution is 2.55. The van der Waals surface area contributed by atoms with Gasteiger partial charge in [0, 0.05) is 0 Å². The average Bonchev–Trinajstić information content (AvgIpc) is 2.66. The first-order valence-corrected chi connectivity index (χ1v) is 6.74. The minimum atomic E-state index is -0.513. The Hall–Kier alpha value is -1.64. The van der Waals surface area contributed by atoms with Gasteiger partial charge in [-0.2, -0.15) is 0 Å². The lowest BCUT2D eigenvalue weighted by Gasteiger charge is -2.43. The van der Waals surface area contributed by atoms with Gasteiger partial charge in [0.1, 0.15) is 6.10 Å². The zero-order valence-electron chi connectivity index (χ0n) is 11.1. The Kier molecular flexibility index (Phi) is 1.93. The molecule has 4 rings (SSSR count). The van der Waals surface area contributed by atoms with Gasteiger partial charge in [-0.1, -0.05) is 48.5 Å². The second-order valence-corrected chi connectivity index (χ2v) is 5.99. The summed E-state index contributed by atoms with van der Waals surface area (Å²) < 4.78 is 0. The third-order valence-electron chi connectivity index (χ3n) is 4.88. The molecular weight excluding hydrogens is 234 g/mol. The molecule has 19 heavy (non-hydrogen) atoms. The lowest BCUT2D eigenvalue weighted by atomic mass is 9.78. The fourth-order valence-corrected chi connectivity index (χ4v) is 3.96. The van der Waals surface area contributed by atoms with E-state index in [1.165, 1.54) is 16.7 Å². The van der Waals surface area contributed by atoms with E-state index in [-0.39, 0.29) is 5.54 Å². The Labute approximate surface area is 113 Å². The van der Waals surface area contributed by atoms with Crippen LogP contribution in [0.4, 0.5) is 0 Å². The smallest absolute Gasteiger partial charge is 0.101 e. The highest BCUT2D eigenvalue weighted by atomic mass is 16.3. The summed E-state index contributed by atoms with van der Waals surface area (Å²) in [5, 5.41) is 14.5. The van der Waals surface area contributed by atoms with Crippen molar-refractivity contribution in [2.75, 3.05) is 0 Å². The molecular formula is C17H17NO. The fraction of sp³-hybridized carbons (Fsp3) is 0.294. The van der Waals surface area contributed by atoms with Crippen molar-refractivity contribution in [2.24, 2.45) is 0 Å². The number of hydrogen-bond acceptors (Lipinski definition) is 2. The molecule has 3 atom stereocenters. The van der Waals surface area contributed by atoms with Gasteiger partial charge in [-0.25, -0.2) is 0 Å². The summed E-state index contributed by atoms with van der Waals surface area (Å²) in [5.41, 5.74) is 4.11. The van der Waals surface area contributed by atoms with Crippen LogP contribution in [0.1, 0.15) is 42.2 Å². The largest absolute Gasteiger partial charge is 0.386 e. The van der Waals surface area contributed by atoms with Crippen molar-refractivity contribution < 1.29 is 5.11 Å². The molecule has 2 bridgehead atoms. The highest BCUT2D eigenvalue weighted by Gasteiger charge is 2.56. The molecule has 2 nitrogen and oxygen atoms in total. The average molecular weight is 251 g/mol. The molecule has 0 saturated carbocycles. The predicted molar refractivity (Wildman–Crippen MR) is 74.8 cm³/mol. The first-order chi connectivity index (χ1) is 9.07. The van der Waals surface area contributed by atoms with E-state index in [0.29, 0.717) is 0 Å². The van der Waals surface area contributed by atoms with E-state index < -0.39 is 11.6 Å². The maximum absolute atomic E-state index is 10.8. The Morgan fingerprint density at radius 3 is 2.21 bits per heavy atom. The number of aliphatic hydroxyl groups excluding tert-OH is 1. The maximum Gasteiger partial charge on any atom is 0.101 e. The Bertz CT molecular complexity index is 667. The van der Waals surface area contributed by atoms with E-state index in [2.05, 4.69) is 43.4 Å². The minimum Gasteiger partial charge on any atom is -0.386 e. The quantitative estimate of drug-likeness (QED) is 0.754. The van der Waals surface area contributed by atoms with Gasteiger partial charge in [0.2, 0.25) is 0 Å². The van der Waals surface area contributed by atoms with Crippen LogP contribution in [0.25, 0.3) is 0 Å². The van der Waals surface area contributed by atoms with E-state index in [1.54, 1.807) is 0 Å². The first kappa shape index (κ1) is 11.2. The van der Waals surface area contributed by atoms with Gasteiger partial charge in [0.25, 0.3) is 0 Å². The maximum atomic E-state index is 10.8. The molecule has 96 valence electrons. The summed E-state index contributed by atoms with van der Waals surface area (Å²) in [4.78, 5) is 0. The first-order valence-electron chi connectivity index (χ1n) is 6.74. The van der Waals surface area contributed by atoms with Crippen LogP contribution in [0.5, 0.6) is 0 Å². The van der Waals surface area contributed by atoms with Gasteiger partial charge in [-0.3, -0.25) is 5.32 Å². The van der Waals surface area contributed by atoms with Crippen LogP contribution in [0.15, 0.2) is 48.5 Å². The Balaban J connectivity index is 2.13. The molecule has 2 aliphatic heterocycles. The molecule has 2 aromatic carbocycles. The molecule has 0 aliphatic carbocycles. The molecule has 0 fully saturated rings. The number of rotatable bonds is 0. The van der Waals surface area contributed by atoms with Crippen molar-refractivity contribution in [2.45, 2.75) is 31.0 Å². The lowest BCUT2D eigenvalue weighted by molar-refractivity contribution is 0.0483. The molecule has 0 amide bonds. The summed E-state index contributed by atoms with van der Waals surface area (Å²) in [7, 11) is 0. The molecule has 2 aromatic rings. The monoisotopic (exact) mass is 251 g/mol. The van der Waals surface area contributed by atoms with E-state index in [9.17, 15) is 5.11 Å². The van der Waals surface area contributed by atoms with Crippen molar-refractivity contribution in [1.82, 2.24) is 5.32 Å². The molecule has 0 spiro atoms.